The van der Waals surface area contributed by atoms with E-state index in [2.05, 4.69) is 15.6 Å². The van der Waals surface area contributed by atoms with E-state index < -0.39 is 6.03 Å². The number of hydrogen-bond donors (Lipinski definition) is 2. The first-order chi connectivity index (χ1) is 10.5. The van der Waals surface area contributed by atoms with Crippen LogP contribution in [0.25, 0.3) is 0 Å². The molecule has 0 radical (unpaired) electrons. The number of anilines is 2. The summed E-state index contributed by atoms with van der Waals surface area (Å²) in [5.74, 6) is 1.67. The van der Waals surface area contributed by atoms with E-state index in [4.69, 9.17) is 9.47 Å². The average Bonchev–Trinajstić information content (AvgIpc) is 2.45. The first-order valence-corrected chi connectivity index (χ1v) is 6.77. The van der Waals surface area contributed by atoms with Gasteiger partial charge in [-0.3, -0.25) is 5.32 Å². The Labute approximate surface area is 129 Å². The van der Waals surface area contributed by atoms with Crippen LogP contribution < -0.4 is 20.1 Å². The van der Waals surface area contributed by atoms with E-state index >= 15 is 0 Å². The summed E-state index contributed by atoms with van der Waals surface area (Å²) in [6.45, 7) is 3.82. The Morgan fingerprint density at radius 2 is 1.82 bits per heavy atom. The summed E-state index contributed by atoms with van der Waals surface area (Å²) in [6, 6.07) is 8.51. The standard InChI is InChI=1S/C16H19N3O3/c1-10-7-11(2)17-15(8-10)19-16(20)18-13-9-12(21-3)5-6-14(13)22-4/h5-9H,1-4H3,(H2,17,18,19,20). The molecule has 0 fully saturated rings. The third kappa shape index (κ3) is 3.88. The SMILES string of the molecule is COc1ccc(OC)c(NC(=O)Nc2cc(C)cc(C)n2)c1. The van der Waals surface area contributed by atoms with Gasteiger partial charge in [-0.05, 0) is 43.7 Å². The van der Waals surface area contributed by atoms with Crippen molar-refractivity contribution < 1.29 is 14.3 Å². The van der Waals surface area contributed by atoms with E-state index in [0.29, 0.717) is 23.0 Å². The second-order valence-corrected chi connectivity index (χ2v) is 4.82. The Bertz CT molecular complexity index is 666. The highest BCUT2D eigenvalue weighted by molar-refractivity contribution is 6.00. The van der Waals surface area contributed by atoms with E-state index in [9.17, 15) is 4.79 Å². The normalized spacial score (nSPS) is 10.0. The van der Waals surface area contributed by atoms with Gasteiger partial charge in [0.05, 0.1) is 19.9 Å². The van der Waals surface area contributed by atoms with E-state index in [1.807, 2.05) is 19.9 Å². The van der Waals surface area contributed by atoms with Gasteiger partial charge in [0.15, 0.2) is 0 Å². The average molecular weight is 301 g/mol. The number of pyridine rings is 1. The molecule has 0 saturated heterocycles. The van der Waals surface area contributed by atoms with Crippen LogP contribution in [-0.4, -0.2) is 25.2 Å². The summed E-state index contributed by atoms with van der Waals surface area (Å²) in [6.07, 6.45) is 0. The molecule has 0 aliphatic heterocycles. The van der Waals surface area contributed by atoms with Crippen LogP contribution in [0.3, 0.4) is 0 Å². The molecule has 1 heterocycles. The molecular weight excluding hydrogens is 282 g/mol. The van der Waals surface area contributed by atoms with E-state index in [1.165, 1.54) is 7.11 Å². The van der Waals surface area contributed by atoms with Crippen molar-refractivity contribution in [2.75, 3.05) is 24.9 Å². The van der Waals surface area contributed by atoms with Gasteiger partial charge < -0.3 is 14.8 Å². The molecule has 2 aromatic rings. The number of carbonyl (C=O) groups is 1. The Kier molecular flexibility index (Phi) is 4.83. The molecule has 1 aromatic carbocycles. The first kappa shape index (κ1) is 15.6. The molecule has 6 heteroatoms. The number of rotatable bonds is 4. The highest BCUT2D eigenvalue weighted by Gasteiger charge is 2.10. The number of aromatic nitrogens is 1. The Hall–Kier alpha value is -2.76. The minimum Gasteiger partial charge on any atom is -0.497 e. The van der Waals surface area contributed by atoms with Crippen molar-refractivity contribution >= 4 is 17.5 Å². The van der Waals surface area contributed by atoms with Crippen molar-refractivity contribution in [1.82, 2.24) is 4.98 Å². The number of benzene rings is 1. The lowest BCUT2D eigenvalue weighted by Crippen LogP contribution is -2.20. The molecule has 22 heavy (non-hydrogen) atoms. The topological polar surface area (TPSA) is 72.5 Å². The number of hydrogen-bond acceptors (Lipinski definition) is 4. The van der Waals surface area contributed by atoms with Gasteiger partial charge in [0.25, 0.3) is 0 Å². The summed E-state index contributed by atoms with van der Waals surface area (Å²) < 4.78 is 10.4. The van der Waals surface area contributed by atoms with Crippen molar-refractivity contribution in [1.29, 1.82) is 0 Å². The molecule has 0 aliphatic rings. The Morgan fingerprint density at radius 3 is 2.45 bits per heavy atom. The predicted molar refractivity (Wildman–Crippen MR) is 85.9 cm³/mol. The highest BCUT2D eigenvalue weighted by Crippen LogP contribution is 2.28. The summed E-state index contributed by atoms with van der Waals surface area (Å²) in [4.78, 5) is 16.4. The molecule has 2 N–H and O–H groups in total. The van der Waals surface area contributed by atoms with Crippen molar-refractivity contribution in [3.8, 4) is 11.5 Å². The molecule has 0 aliphatic carbocycles. The molecule has 0 unspecified atom stereocenters. The van der Waals surface area contributed by atoms with Crippen molar-refractivity contribution in [2.24, 2.45) is 0 Å². The molecule has 0 atom stereocenters. The lowest BCUT2D eigenvalue weighted by atomic mass is 10.2. The van der Waals surface area contributed by atoms with Gasteiger partial charge >= 0.3 is 6.03 Å². The molecule has 116 valence electrons. The maximum absolute atomic E-state index is 12.1. The lowest BCUT2D eigenvalue weighted by molar-refractivity contribution is 0.262. The predicted octanol–water partition coefficient (Wildman–Crippen LogP) is 3.36. The van der Waals surface area contributed by atoms with E-state index in [1.54, 1.807) is 31.4 Å². The first-order valence-electron chi connectivity index (χ1n) is 6.77. The van der Waals surface area contributed by atoms with Gasteiger partial charge in [-0.1, -0.05) is 0 Å². The number of methoxy groups -OCH3 is 2. The van der Waals surface area contributed by atoms with Gasteiger partial charge in [-0.2, -0.15) is 0 Å². The number of amides is 2. The molecule has 2 rings (SSSR count). The van der Waals surface area contributed by atoms with E-state index in [0.717, 1.165) is 11.3 Å². The summed E-state index contributed by atoms with van der Waals surface area (Å²) in [5, 5.41) is 5.43. The molecule has 0 spiro atoms. The van der Waals surface area contributed by atoms with Crippen LogP contribution in [-0.2, 0) is 0 Å². The fraction of sp³-hybridized carbons (Fsp3) is 0.250. The van der Waals surface area contributed by atoms with Crippen LogP contribution in [0, 0.1) is 13.8 Å². The summed E-state index contributed by atoms with van der Waals surface area (Å²) >= 11 is 0. The zero-order chi connectivity index (χ0) is 16.1. The van der Waals surface area contributed by atoms with Crippen LogP contribution in [0.2, 0.25) is 0 Å². The second-order valence-electron chi connectivity index (χ2n) is 4.82. The number of aryl methyl sites for hydroxylation is 2. The number of nitrogens with one attached hydrogen (secondary N) is 2. The Balaban J connectivity index is 2.14. The second kappa shape index (κ2) is 6.80. The minimum atomic E-state index is -0.399. The van der Waals surface area contributed by atoms with Gasteiger partial charge in [-0.25, -0.2) is 9.78 Å². The highest BCUT2D eigenvalue weighted by atomic mass is 16.5. The van der Waals surface area contributed by atoms with Crippen molar-refractivity contribution in [2.45, 2.75) is 13.8 Å². The smallest absolute Gasteiger partial charge is 0.324 e. The fourth-order valence-corrected chi connectivity index (χ4v) is 2.09. The zero-order valence-corrected chi connectivity index (χ0v) is 13.1. The number of ether oxygens (including phenoxy) is 2. The van der Waals surface area contributed by atoms with E-state index in [-0.39, 0.29) is 0 Å². The largest absolute Gasteiger partial charge is 0.497 e. The van der Waals surface area contributed by atoms with Gasteiger partial charge in [-0.15, -0.1) is 0 Å². The molecule has 6 nitrogen and oxygen atoms in total. The quantitative estimate of drug-likeness (QED) is 0.908. The summed E-state index contributed by atoms with van der Waals surface area (Å²) in [7, 11) is 3.10. The lowest BCUT2D eigenvalue weighted by Gasteiger charge is -2.12. The maximum atomic E-state index is 12.1. The molecular formula is C16H19N3O3. The van der Waals surface area contributed by atoms with Crippen LogP contribution in [0.1, 0.15) is 11.3 Å². The van der Waals surface area contributed by atoms with Crippen LogP contribution in [0.5, 0.6) is 11.5 Å². The fourth-order valence-electron chi connectivity index (χ4n) is 2.09. The molecule has 2 amide bonds. The minimum absolute atomic E-state index is 0.399. The monoisotopic (exact) mass is 301 g/mol. The third-order valence-electron chi connectivity index (χ3n) is 2.99. The van der Waals surface area contributed by atoms with Crippen LogP contribution in [0.15, 0.2) is 30.3 Å². The van der Waals surface area contributed by atoms with Gasteiger partial charge in [0, 0.05) is 11.8 Å². The van der Waals surface area contributed by atoms with Crippen molar-refractivity contribution in [3.05, 3.63) is 41.6 Å². The van der Waals surface area contributed by atoms with Gasteiger partial charge in [0.1, 0.15) is 17.3 Å². The molecule has 0 saturated carbocycles. The van der Waals surface area contributed by atoms with Crippen molar-refractivity contribution in [3.63, 3.8) is 0 Å². The zero-order valence-electron chi connectivity index (χ0n) is 13.1. The summed E-state index contributed by atoms with van der Waals surface area (Å²) in [5.41, 5.74) is 2.39. The third-order valence-corrected chi connectivity index (χ3v) is 2.99. The van der Waals surface area contributed by atoms with Crippen LogP contribution >= 0.6 is 0 Å². The molecule has 1 aromatic heterocycles. The maximum Gasteiger partial charge on any atom is 0.324 e. The number of carbonyl (C=O) groups excluding carboxylic acids is 1. The van der Waals surface area contributed by atoms with Crippen LogP contribution in [0.4, 0.5) is 16.3 Å². The Morgan fingerprint density at radius 1 is 1.05 bits per heavy atom. The van der Waals surface area contributed by atoms with Gasteiger partial charge in [0.2, 0.25) is 0 Å². The molecule has 0 bridgehead atoms. The number of nitrogens with zero attached hydrogens (tertiary/aromatic N) is 1. The number of urea groups is 1.